The Bertz CT molecular complexity index is 225. The molecule has 1 aromatic heterocycles. The molecule has 10 heavy (non-hydrogen) atoms. The quantitative estimate of drug-likeness (QED) is 0.599. The van der Waals surface area contributed by atoms with Gasteiger partial charge < -0.3 is 0 Å². The summed E-state index contributed by atoms with van der Waals surface area (Å²) in [4.78, 5) is 1.25. The van der Waals surface area contributed by atoms with Gasteiger partial charge in [-0.25, -0.2) is 0 Å². The molecule has 1 rings (SSSR count). The maximum Gasteiger partial charge on any atom is 0.0548 e. The Labute approximate surface area is 70.1 Å². The van der Waals surface area contributed by atoms with Crippen LogP contribution >= 0.6 is 22.9 Å². The zero-order valence-corrected chi connectivity index (χ0v) is 7.38. The van der Waals surface area contributed by atoms with Crippen molar-refractivity contribution in [3.8, 4) is 0 Å². The van der Waals surface area contributed by atoms with Crippen molar-refractivity contribution in [2.24, 2.45) is 0 Å². The zero-order chi connectivity index (χ0) is 7.40. The van der Waals surface area contributed by atoms with Gasteiger partial charge in [-0.3, -0.25) is 0 Å². The lowest BCUT2D eigenvalue weighted by atomic mass is 10.3. The van der Waals surface area contributed by atoms with Gasteiger partial charge >= 0.3 is 0 Å². The summed E-state index contributed by atoms with van der Waals surface area (Å²) in [5.74, 6) is 0. The third kappa shape index (κ3) is 1.86. The molecule has 0 N–H and O–H groups in total. The van der Waals surface area contributed by atoms with Gasteiger partial charge in [0.1, 0.15) is 0 Å². The Morgan fingerprint density at radius 2 is 2.50 bits per heavy atom. The molecule has 54 valence electrons. The molecule has 0 aliphatic heterocycles. The standard InChI is InChI=1S/C8H9ClS/c1-2-3-4-8-7(9)5-6-10-8/h2-3,5-6H,4H2,1H3/b3-2+. The van der Waals surface area contributed by atoms with Gasteiger partial charge in [0, 0.05) is 11.3 Å². The summed E-state index contributed by atoms with van der Waals surface area (Å²) in [5.41, 5.74) is 0. The largest absolute Gasteiger partial charge is 0.147 e. The van der Waals surface area contributed by atoms with E-state index < -0.39 is 0 Å². The average Bonchev–Trinajstić information content (AvgIpc) is 2.31. The molecule has 0 amide bonds. The van der Waals surface area contributed by atoms with Gasteiger partial charge in [0.05, 0.1) is 5.02 Å². The SMILES string of the molecule is C/C=C/Cc1sccc1Cl. The van der Waals surface area contributed by atoms with Gasteiger partial charge in [-0.2, -0.15) is 0 Å². The fourth-order valence-corrected chi connectivity index (χ4v) is 1.79. The number of hydrogen-bond donors (Lipinski definition) is 0. The Hall–Kier alpha value is -0.270. The molecule has 0 unspecified atom stereocenters. The summed E-state index contributed by atoms with van der Waals surface area (Å²) in [7, 11) is 0. The van der Waals surface area contributed by atoms with E-state index in [1.807, 2.05) is 24.4 Å². The van der Waals surface area contributed by atoms with Crippen molar-refractivity contribution in [1.29, 1.82) is 0 Å². The van der Waals surface area contributed by atoms with Crippen molar-refractivity contribution in [1.82, 2.24) is 0 Å². The van der Waals surface area contributed by atoms with E-state index in [1.54, 1.807) is 11.3 Å². The summed E-state index contributed by atoms with van der Waals surface area (Å²) in [5, 5.41) is 2.91. The average molecular weight is 173 g/mol. The maximum absolute atomic E-state index is 5.85. The lowest BCUT2D eigenvalue weighted by Gasteiger charge is -1.88. The first-order valence-corrected chi connectivity index (χ1v) is 4.43. The lowest BCUT2D eigenvalue weighted by Crippen LogP contribution is -1.71. The fourth-order valence-electron chi connectivity index (χ4n) is 0.696. The predicted molar refractivity (Wildman–Crippen MR) is 47.8 cm³/mol. The Morgan fingerprint density at radius 1 is 1.70 bits per heavy atom. The highest BCUT2D eigenvalue weighted by Gasteiger charge is 1.96. The fraction of sp³-hybridized carbons (Fsp3) is 0.250. The molecule has 0 aliphatic carbocycles. The van der Waals surface area contributed by atoms with Crippen LogP contribution in [-0.2, 0) is 6.42 Å². The first-order valence-electron chi connectivity index (χ1n) is 3.17. The molecule has 0 aromatic carbocycles. The van der Waals surface area contributed by atoms with Crippen molar-refractivity contribution in [3.05, 3.63) is 33.5 Å². The van der Waals surface area contributed by atoms with Gasteiger partial charge in [-0.1, -0.05) is 23.8 Å². The minimum Gasteiger partial charge on any atom is -0.147 e. The van der Waals surface area contributed by atoms with Crippen LogP contribution < -0.4 is 0 Å². The van der Waals surface area contributed by atoms with E-state index in [0.717, 1.165) is 11.4 Å². The molecule has 1 heterocycles. The highest BCUT2D eigenvalue weighted by molar-refractivity contribution is 7.10. The summed E-state index contributed by atoms with van der Waals surface area (Å²) in [6.07, 6.45) is 5.11. The lowest BCUT2D eigenvalue weighted by molar-refractivity contribution is 1.33. The molecule has 0 spiro atoms. The first kappa shape index (κ1) is 7.83. The molecule has 0 bridgehead atoms. The van der Waals surface area contributed by atoms with Crippen LogP contribution in [0, 0.1) is 0 Å². The van der Waals surface area contributed by atoms with E-state index in [1.165, 1.54) is 4.88 Å². The Kier molecular flexibility index (Phi) is 2.97. The normalized spacial score (nSPS) is 11.0. The second kappa shape index (κ2) is 3.79. The molecule has 0 nitrogen and oxygen atoms in total. The molecule has 0 aliphatic rings. The maximum atomic E-state index is 5.85. The van der Waals surface area contributed by atoms with Crippen molar-refractivity contribution in [2.45, 2.75) is 13.3 Å². The second-order valence-electron chi connectivity index (χ2n) is 1.96. The van der Waals surface area contributed by atoms with Gasteiger partial charge in [-0.15, -0.1) is 11.3 Å². The molecule has 1 aromatic rings. The molecule has 0 atom stereocenters. The molecule has 0 fully saturated rings. The van der Waals surface area contributed by atoms with Gasteiger partial charge in [-0.05, 0) is 18.4 Å². The smallest absolute Gasteiger partial charge is 0.0548 e. The van der Waals surface area contributed by atoms with E-state index in [9.17, 15) is 0 Å². The van der Waals surface area contributed by atoms with E-state index in [4.69, 9.17) is 11.6 Å². The van der Waals surface area contributed by atoms with Gasteiger partial charge in [0.25, 0.3) is 0 Å². The molecular formula is C8H9ClS. The zero-order valence-electron chi connectivity index (χ0n) is 5.80. The van der Waals surface area contributed by atoms with Crippen molar-refractivity contribution in [3.63, 3.8) is 0 Å². The molecular weight excluding hydrogens is 164 g/mol. The number of thiophene rings is 1. The minimum atomic E-state index is 0.892. The number of halogens is 1. The van der Waals surface area contributed by atoms with Crippen LogP contribution in [0.25, 0.3) is 0 Å². The van der Waals surface area contributed by atoms with E-state index in [0.29, 0.717) is 0 Å². The van der Waals surface area contributed by atoms with E-state index >= 15 is 0 Å². The van der Waals surface area contributed by atoms with E-state index in [-0.39, 0.29) is 0 Å². The van der Waals surface area contributed by atoms with Crippen LogP contribution in [0.5, 0.6) is 0 Å². The van der Waals surface area contributed by atoms with Crippen LogP contribution in [0.1, 0.15) is 11.8 Å². The van der Waals surface area contributed by atoms with Crippen LogP contribution in [0.3, 0.4) is 0 Å². The summed E-state index contributed by atoms with van der Waals surface area (Å²) < 4.78 is 0. The number of hydrogen-bond acceptors (Lipinski definition) is 1. The Balaban J connectivity index is 2.65. The number of allylic oxidation sites excluding steroid dienone is 2. The topological polar surface area (TPSA) is 0 Å². The van der Waals surface area contributed by atoms with Crippen LogP contribution in [-0.4, -0.2) is 0 Å². The van der Waals surface area contributed by atoms with Crippen molar-refractivity contribution < 1.29 is 0 Å². The molecule has 0 saturated carbocycles. The predicted octanol–water partition coefficient (Wildman–Crippen LogP) is 3.52. The molecule has 0 radical (unpaired) electrons. The molecule has 2 heteroatoms. The highest BCUT2D eigenvalue weighted by atomic mass is 35.5. The van der Waals surface area contributed by atoms with Crippen molar-refractivity contribution in [2.75, 3.05) is 0 Å². The van der Waals surface area contributed by atoms with Crippen molar-refractivity contribution >= 4 is 22.9 Å². The second-order valence-corrected chi connectivity index (χ2v) is 3.37. The first-order chi connectivity index (χ1) is 4.84. The van der Waals surface area contributed by atoms with E-state index in [2.05, 4.69) is 6.08 Å². The number of rotatable bonds is 2. The highest BCUT2D eigenvalue weighted by Crippen LogP contribution is 2.22. The van der Waals surface area contributed by atoms with Crippen LogP contribution in [0.2, 0.25) is 5.02 Å². The summed E-state index contributed by atoms with van der Waals surface area (Å²) in [6, 6.07) is 1.94. The molecule has 0 saturated heterocycles. The summed E-state index contributed by atoms with van der Waals surface area (Å²) >= 11 is 7.56. The van der Waals surface area contributed by atoms with Gasteiger partial charge in [0.15, 0.2) is 0 Å². The van der Waals surface area contributed by atoms with Crippen LogP contribution in [0.15, 0.2) is 23.6 Å². The summed E-state index contributed by atoms with van der Waals surface area (Å²) in [6.45, 7) is 2.02. The van der Waals surface area contributed by atoms with Crippen LogP contribution in [0.4, 0.5) is 0 Å². The monoisotopic (exact) mass is 172 g/mol. The third-order valence-electron chi connectivity index (χ3n) is 1.23. The third-order valence-corrected chi connectivity index (χ3v) is 2.64. The minimum absolute atomic E-state index is 0.892. The Morgan fingerprint density at radius 3 is 3.00 bits per heavy atom. The van der Waals surface area contributed by atoms with Gasteiger partial charge in [0.2, 0.25) is 0 Å².